The number of nitrogens with two attached hydrogens (primary N) is 1. The Kier molecular flexibility index (Phi) is 4.55. The van der Waals surface area contributed by atoms with Crippen LogP contribution in [0.1, 0.15) is 0 Å². The van der Waals surface area contributed by atoms with Gasteiger partial charge >= 0.3 is 0 Å². The van der Waals surface area contributed by atoms with E-state index in [0.29, 0.717) is 0 Å². The third-order valence-electron chi connectivity index (χ3n) is 0.898. The summed E-state index contributed by atoms with van der Waals surface area (Å²) in [6, 6.07) is 0. The maximum absolute atomic E-state index is 8.70. The zero-order valence-electron chi connectivity index (χ0n) is 4.90. The summed E-state index contributed by atoms with van der Waals surface area (Å²) in [4.78, 5) is 4.01. The number of aliphatic hydroxyl groups is 3. The van der Waals surface area contributed by atoms with E-state index in [2.05, 4.69) is 10.7 Å². The fourth-order valence-corrected chi connectivity index (χ4v) is 0.331. The van der Waals surface area contributed by atoms with E-state index in [1.807, 2.05) is 0 Å². The second kappa shape index (κ2) is 4.66. The van der Waals surface area contributed by atoms with Crippen LogP contribution in [0.15, 0.2) is 0 Å². The fourth-order valence-electron chi connectivity index (χ4n) is 0.331. The van der Waals surface area contributed by atoms with Crippen molar-refractivity contribution in [2.45, 2.75) is 12.2 Å². The van der Waals surface area contributed by atoms with E-state index < -0.39 is 18.8 Å². The first-order valence-corrected chi connectivity index (χ1v) is 2.51. The highest BCUT2D eigenvalue weighted by molar-refractivity contribution is 4.63. The molecule has 5 heteroatoms. The molecule has 0 saturated carbocycles. The van der Waals surface area contributed by atoms with E-state index in [1.165, 1.54) is 0 Å². The topological polar surface area (TPSA) is 95.9 Å². The van der Waals surface area contributed by atoms with Crippen LogP contribution in [0.3, 0.4) is 0 Å². The summed E-state index contributed by atoms with van der Waals surface area (Å²) in [5.74, 6) is 4.57. The first-order chi connectivity index (χ1) is 4.22. The Morgan fingerprint density at radius 3 is 2.22 bits per heavy atom. The van der Waals surface area contributed by atoms with Gasteiger partial charge in [0.2, 0.25) is 0 Å². The summed E-state index contributed by atoms with van der Waals surface area (Å²) in [6.07, 6.45) is -2.28. The van der Waals surface area contributed by atoms with Gasteiger partial charge in [-0.2, -0.15) is 0 Å². The van der Waals surface area contributed by atoms with Gasteiger partial charge in [-0.15, -0.1) is 0 Å². The molecule has 0 heterocycles. The van der Waals surface area contributed by atoms with E-state index >= 15 is 0 Å². The monoisotopic (exact) mass is 137 g/mol. The highest BCUT2D eigenvalue weighted by Crippen LogP contribution is 1.90. The molecular weight excluding hydrogens is 126 g/mol. The van der Waals surface area contributed by atoms with Crippen LogP contribution in [-0.4, -0.2) is 40.7 Å². The number of hydrogen-bond acceptors (Lipinski definition) is 5. The molecule has 0 aliphatic heterocycles. The summed E-state index contributed by atoms with van der Waals surface area (Å²) < 4.78 is 0. The molecule has 0 spiro atoms. The Hall–Kier alpha value is -0.200. The number of rotatable bonds is 4. The molecule has 9 heavy (non-hydrogen) atoms. The molecule has 0 fully saturated rings. The molecule has 2 atom stereocenters. The van der Waals surface area contributed by atoms with Gasteiger partial charge in [-0.1, -0.05) is 0 Å². The van der Waals surface area contributed by atoms with Crippen LogP contribution in [-0.2, 0) is 4.84 Å². The van der Waals surface area contributed by atoms with Crippen LogP contribution in [0.4, 0.5) is 0 Å². The van der Waals surface area contributed by atoms with E-state index in [1.54, 1.807) is 0 Å². The first-order valence-electron chi connectivity index (χ1n) is 2.51. The number of aliphatic hydroxyl groups excluding tert-OH is 3. The highest BCUT2D eigenvalue weighted by Gasteiger charge is 2.13. The van der Waals surface area contributed by atoms with Crippen molar-refractivity contribution in [1.82, 2.24) is 0 Å². The van der Waals surface area contributed by atoms with Gasteiger partial charge in [-0.3, -0.25) is 0 Å². The molecule has 56 valence electrons. The van der Waals surface area contributed by atoms with Crippen molar-refractivity contribution >= 4 is 0 Å². The van der Waals surface area contributed by atoms with Crippen molar-refractivity contribution in [3.63, 3.8) is 0 Å². The Labute approximate surface area is 52.6 Å². The van der Waals surface area contributed by atoms with Gasteiger partial charge in [0.05, 0.1) is 13.2 Å². The molecule has 0 aromatic carbocycles. The van der Waals surface area contributed by atoms with E-state index in [9.17, 15) is 0 Å². The zero-order valence-corrected chi connectivity index (χ0v) is 4.90. The Balaban J connectivity index is 3.32. The lowest BCUT2D eigenvalue weighted by Gasteiger charge is -2.12. The molecule has 0 rings (SSSR count). The third-order valence-corrected chi connectivity index (χ3v) is 0.898. The van der Waals surface area contributed by atoms with E-state index in [-0.39, 0.29) is 6.61 Å². The Morgan fingerprint density at radius 2 is 1.89 bits per heavy atom. The lowest BCUT2D eigenvalue weighted by Crippen LogP contribution is -2.34. The second-order valence-electron chi connectivity index (χ2n) is 1.65. The average molecular weight is 137 g/mol. The molecule has 5 nitrogen and oxygen atoms in total. The van der Waals surface area contributed by atoms with Crippen LogP contribution in [0.2, 0.25) is 0 Å². The average Bonchev–Trinajstić information content (AvgIpc) is 1.87. The smallest absolute Gasteiger partial charge is 0.107 e. The maximum atomic E-state index is 8.70. The van der Waals surface area contributed by atoms with Crippen LogP contribution >= 0.6 is 0 Å². The number of hydrogen-bond donors (Lipinski definition) is 4. The zero-order chi connectivity index (χ0) is 7.28. The van der Waals surface area contributed by atoms with Crippen molar-refractivity contribution in [2.24, 2.45) is 5.90 Å². The highest BCUT2D eigenvalue weighted by atomic mass is 16.6. The normalized spacial score (nSPS) is 17.3. The third kappa shape index (κ3) is 3.39. The minimum Gasteiger partial charge on any atom is -0.394 e. The van der Waals surface area contributed by atoms with E-state index in [4.69, 9.17) is 15.3 Å². The summed E-state index contributed by atoms with van der Waals surface area (Å²) in [5, 5.41) is 25.6. The molecule has 0 aromatic rings. The Bertz CT molecular complexity index is 69.6. The van der Waals surface area contributed by atoms with Gasteiger partial charge in [0.25, 0.3) is 0 Å². The van der Waals surface area contributed by atoms with Crippen LogP contribution in [0.25, 0.3) is 0 Å². The lowest BCUT2D eigenvalue weighted by atomic mass is 10.2. The summed E-state index contributed by atoms with van der Waals surface area (Å²) in [6.45, 7) is -0.674. The molecule has 0 aliphatic rings. The maximum Gasteiger partial charge on any atom is 0.107 e. The van der Waals surface area contributed by atoms with Crippen LogP contribution < -0.4 is 5.90 Å². The molecule has 0 radical (unpaired) electrons. The standard InChI is InChI=1S/C4H11NO4/c5-9-2-4(8)3(7)1-6/h3-4,6-8H,1-2,5H2/t3-,4+/m1/s1. The molecule has 5 N–H and O–H groups in total. The SMILES string of the molecule is NOC[C@H](O)[C@H](O)CO. The van der Waals surface area contributed by atoms with Crippen LogP contribution in [0, 0.1) is 0 Å². The molecule has 0 saturated heterocycles. The predicted octanol–water partition coefficient (Wildman–Crippen LogP) is -2.41. The fraction of sp³-hybridized carbons (Fsp3) is 1.00. The van der Waals surface area contributed by atoms with Gasteiger partial charge in [0, 0.05) is 0 Å². The van der Waals surface area contributed by atoms with Crippen molar-refractivity contribution in [1.29, 1.82) is 0 Å². The molecular formula is C4H11NO4. The van der Waals surface area contributed by atoms with Gasteiger partial charge < -0.3 is 20.2 Å². The quantitative estimate of drug-likeness (QED) is 0.324. The summed E-state index contributed by atoms with van der Waals surface area (Å²) in [7, 11) is 0. The molecule has 0 amide bonds. The van der Waals surface area contributed by atoms with Crippen molar-refractivity contribution in [3.8, 4) is 0 Å². The van der Waals surface area contributed by atoms with Gasteiger partial charge in [-0.05, 0) is 0 Å². The summed E-state index contributed by atoms with van der Waals surface area (Å²) >= 11 is 0. The predicted molar refractivity (Wildman–Crippen MR) is 29.2 cm³/mol. The van der Waals surface area contributed by atoms with Gasteiger partial charge in [0.1, 0.15) is 12.2 Å². The lowest BCUT2D eigenvalue weighted by molar-refractivity contribution is -0.0574. The minimum absolute atomic E-state index is 0.179. The van der Waals surface area contributed by atoms with Crippen molar-refractivity contribution in [2.75, 3.05) is 13.2 Å². The van der Waals surface area contributed by atoms with Crippen LogP contribution in [0.5, 0.6) is 0 Å². The van der Waals surface area contributed by atoms with Gasteiger partial charge in [0.15, 0.2) is 0 Å². The van der Waals surface area contributed by atoms with Crippen molar-refractivity contribution < 1.29 is 20.2 Å². The molecule has 0 aromatic heterocycles. The molecule has 0 aliphatic carbocycles. The first kappa shape index (κ1) is 8.80. The van der Waals surface area contributed by atoms with Crippen molar-refractivity contribution in [3.05, 3.63) is 0 Å². The minimum atomic E-state index is -1.17. The van der Waals surface area contributed by atoms with E-state index in [0.717, 1.165) is 0 Å². The van der Waals surface area contributed by atoms with Gasteiger partial charge in [-0.25, -0.2) is 5.90 Å². The summed E-state index contributed by atoms with van der Waals surface area (Å²) in [5.41, 5.74) is 0. The molecule has 0 bridgehead atoms. The molecule has 0 unspecified atom stereocenters. The Morgan fingerprint density at radius 1 is 1.33 bits per heavy atom. The second-order valence-corrected chi connectivity index (χ2v) is 1.65. The largest absolute Gasteiger partial charge is 0.394 e.